The summed E-state index contributed by atoms with van der Waals surface area (Å²) in [7, 11) is 0. The minimum atomic E-state index is 0.0508. The minimum Gasteiger partial charge on any atom is -0.334 e. The number of thiophene rings is 2. The number of aryl methyl sites for hydroxylation is 2. The monoisotopic (exact) mass is 432 g/mol. The largest absolute Gasteiger partial charge is 0.334 e. The number of hydrogen-bond donors (Lipinski definition) is 0. The smallest absolute Gasteiger partial charge is 0.263 e. The van der Waals surface area contributed by atoms with Gasteiger partial charge in [-0.25, -0.2) is 4.98 Å². The Labute approximate surface area is 174 Å². The van der Waals surface area contributed by atoms with Gasteiger partial charge in [0, 0.05) is 16.8 Å². The summed E-state index contributed by atoms with van der Waals surface area (Å²) in [6, 6.07) is 1.95. The van der Waals surface area contributed by atoms with Crippen LogP contribution in [0.4, 0.5) is 0 Å². The summed E-state index contributed by atoms with van der Waals surface area (Å²) < 4.78 is 7.15. The van der Waals surface area contributed by atoms with Crippen LogP contribution in [0.25, 0.3) is 21.7 Å². The van der Waals surface area contributed by atoms with Gasteiger partial charge < -0.3 is 4.52 Å². The maximum atomic E-state index is 13.1. The number of unbranched alkanes of at least 4 members (excludes halogenated alkanes) is 1. The average molecular weight is 433 g/mol. The molecule has 0 unspecified atom stereocenters. The molecule has 4 heterocycles. The fourth-order valence-corrected chi connectivity index (χ4v) is 5.45. The van der Waals surface area contributed by atoms with Gasteiger partial charge in [-0.05, 0) is 37.3 Å². The highest BCUT2D eigenvalue weighted by atomic mass is 32.2. The lowest BCUT2D eigenvalue weighted by Gasteiger charge is -2.11. The highest BCUT2D eigenvalue weighted by Crippen LogP contribution is 2.29. The van der Waals surface area contributed by atoms with Crippen molar-refractivity contribution in [2.45, 2.75) is 51.1 Å². The van der Waals surface area contributed by atoms with Crippen molar-refractivity contribution >= 4 is 44.7 Å². The van der Waals surface area contributed by atoms with E-state index in [0.717, 1.165) is 39.1 Å². The molecule has 0 aliphatic rings. The zero-order chi connectivity index (χ0) is 19.7. The zero-order valence-corrected chi connectivity index (χ0v) is 18.3. The van der Waals surface area contributed by atoms with Crippen molar-refractivity contribution in [3.8, 4) is 11.5 Å². The van der Waals surface area contributed by atoms with Crippen LogP contribution in [0.15, 0.2) is 31.3 Å². The molecule has 4 aromatic rings. The molecule has 146 valence electrons. The number of nitrogens with zero attached hydrogens (tertiary/aromatic N) is 4. The van der Waals surface area contributed by atoms with Gasteiger partial charge in [0.15, 0.2) is 11.0 Å². The van der Waals surface area contributed by atoms with E-state index < -0.39 is 0 Å². The number of hydrogen-bond acceptors (Lipinski definition) is 8. The Bertz CT molecular complexity index is 1160. The molecule has 4 rings (SSSR count). The molecule has 6 nitrogen and oxygen atoms in total. The van der Waals surface area contributed by atoms with E-state index in [-0.39, 0.29) is 5.56 Å². The van der Waals surface area contributed by atoms with Crippen LogP contribution in [0, 0.1) is 13.8 Å². The molecule has 0 bridgehead atoms. The third kappa shape index (κ3) is 3.66. The van der Waals surface area contributed by atoms with Crippen molar-refractivity contribution < 1.29 is 4.52 Å². The normalized spacial score (nSPS) is 11.5. The molecule has 28 heavy (non-hydrogen) atoms. The highest BCUT2D eigenvalue weighted by Gasteiger charge is 2.18. The fourth-order valence-electron chi connectivity index (χ4n) is 2.88. The molecule has 0 N–H and O–H groups in total. The third-order valence-corrected chi connectivity index (χ3v) is 7.31. The molecule has 0 aliphatic carbocycles. The van der Waals surface area contributed by atoms with Gasteiger partial charge in [-0.15, -0.1) is 11.3 Å². The van der Waals surface area contributed by atoms with Crippen LogP contribution in [-0.4, -0.2) is 19.7 Å². The van der Waals surface area contributed by atoms with Crippen molar-refractivity contribution in [1.82, 2.24) is 19.7 Å². The predicted octanol–water partition coefficient (Wildman–Crippen LogP) is 5.28. The molecule has 0 aromatic carbocycles. The Balaban J connectivity index is 1.64. The fraction of sp³-hybridized carbons (Fsp3) is 0.368. The summed E-state index contributed by atoms with van der Waals surface area (Å²) in [5.41, 5.74) is 2.02. The van der Waals surface area contributed by atoms with E-state index in [9.17, 15) is 4.79 Å². The summed E-state index contributed by atoms with van der Waals surface area (Å²) in [6.45, 7) is 6.82. The Hall–Kier alpha value is -1.97. The summed E-state index contributed by atoms with van der Waals surface area (Å²) in [5.74, 6) is 1.62. The first kappa shape index (κ1) is 19.4. The van der Waals surface area contributed by atoms with Crippen LogP contribution >= 0.6 is 34.4 Å². The zero-order valence-electron chi connectivity index (χ0n) is 15.9. The van der Waals surface area contributed by atoms with Crippen molar-refractivity contribution in [2.75, 3.05) is 0 Å². The second-order valence-electron chi connectivity index (χ2n) is 6.48. The molecular formula is C19H20N4O2S3. The predicted molar refractivity (Wildman–Crippen MR) is 115 cm³/mol. The van der Waals surface area contributed by atoms with Gasteiger partial charge in [-0.3, -0.25) is 9.36 Å². The number of aromatic nitrogens is 4. The molecule has 0 spiro atoms. The highest BCUT2D eigenvalue weighted by molar-refractivity contribution is 7.98. The Morgan fingerprint density at radius 3 is 2.89 bits per heavy atom. The maximum Gasteiger partial charge on any atom is 0.263 e. The van der Waals surface area contributed by atoms with Gasteiger partial charge in [0.25, 0.3) is 11.4 Å². The molecule has 0 radical (unpaired) electrons. The molecule has 0 fully saturated rings. The lowest BCUT2D eigenvalue weighted by atomic mass is 10.2. The van der Waals surface area contributed by atoms with Gasteiger partial charge in [-0.1, -0.05) is 30.3 Å². The van der Waals surface area contributed by atoms with Crippen LogP contribution in [0.1, 0.15) is 36.0 Å². The Kier molecular flexibility index (Phi) is 5.65. The molecule has 0 saturated carbocycles. The van der Waals surface area contributed by atoms with Gasteiger partial charge in [0.05, 0.1) is 16.7 Å². The number of fused-ring (bicyclic) bond motifs is 1. The van der Waals surface area contributed by atoms with Crippen LogP contribution in [0.2, 0.25) is 0 Å². The second kappa shape index (κ2) is 8.18. The van der Waals surface area contributed by atoms with E-state index in [1.807, 2.05) is 30.7 Å². The molecule has 9 heteroatoms. The maximum absolute atomic E-state index is 13.1. The van der Waals surface area contributed by atoms with Crippen molar-refractivity contribution in [1.29, 1.82) is 0 Å². The van der Waals surface area contributed by atoms with E-state index in [0.29, 0.717) is 29.2 Å². The Morgan fingerprint density at radius 1 is 1.29 bits per heavy atom. The SMILES string of the molecule is CCCCn1c(SCc2noc(-c3ccsc3)n2)nc2sc(C)c(C)c2c1=O. The van der Waals surface area contributed by atoms with E-state index in [1.54, 1.807) is 27.2 Å². The van der Waals surface area contributed by atoms with Gasteiger partial charge in [0.2, 0.25) is 0 Å². The quantitative estimate of drug-likeness (QED) is 0.292. The van der Waals surface area contributed by atoms with E-state index >= 15 is 0 Å². The van der Waals surface area contributed by atoms with Gasteiger partial charge in [0.1, 0.15) is 4.83 Å². The standard InChI is InChI=1S/C19H20N4O2S3/c1-4-5-7-23-18(24)15-11(2)12(3)28-17(15)21-19(23)27-10-14-20-16(25-22-14)13-6-8-26-9-13/h6,8-9H,4-5,7,10H2,1-3H3. The van der Waals surface area contributed by atoms with Gasteiger partial charge in [-0.2, -0.15) is 16.3 Å². The molecule has 0 aliphatic heterocycles. The lowest BCUT2D eigenvalue weighted by molar-refractivity contribution is 0.425. The molecule has 0 amide bonds. The molecular weight excluding hydrogens is 412 g/mol. The van der Waals surface area contributed by atoms with E-state index in [4.69, 9.17) is 9.51 Å². The van der Waals surface area contributed by atoms with Crippen LogP contribution in [0.3, 0.4) is 0 Å². The first-order valence-electron chi connectivity index (χ1n) is 9.07. The first-order valence-corrected chi connectivity index (χ1v) is 11.8. The molecule has 0 atom stereocenters. The Morgan fingerprint density at radius 2 is 2.14 bits per heavy atom. The minimum absolute atomic E-state index is 0.0508. The third-order valence-electron chi connectivity index (χ3n) is 4.56. The molecule has 4 aromatic heterocycles. The number of rotatable bonds is 7. The van der Waals surface area contributed by atoms with Crippen molar-refractivity contribution in [3.63, 3.8) is 0 Å². The summed E-state index contributed by atoms with van der Waals surface area (Å²) in [4.78, 5) is 24.3. The number of thioether (sulfide) groups is 1. The van der Waals surface area contributed by atoms with Crippen molar-refractivity contribution in [3.05, 3.63) is 43.4 Å². The van der Waals surface area contributed by atoms with Gasteiger partial charge >= 0.3 is 0 Å². The van der Waals surface area contributed by atoms with Crippen LogP contribution < -0.4 is 5.56 Å². The lowest BCUT2D eigenvalue weighted by Crippen LogP contribution is -2.23. The summed E-state index contributed by atoms with van der Waals surface area (Å²) in [5, 5.41) is 9.49. The van der Waals surface area contributed by atoms with E-state index in [2.05, 4.69) is 17.1 Å². The van der Waals surface area contributed by atoms with Crippen LogP contribution in [0.5, 0.6) is 0 Å². The summed E-state index contributed by atoms with van der Waals surface area (Å²) in [6.07, 6.45) is 1.96. The molecule has 0 saturated heterocycles. The second-order valence-corrected chi connectivity index (χ2v) is 9.41. The average Bonchev–Trinajstić information content (AvgIpc) is 3.41. The van der Waals surface area contributed by atoms with Crippen LogP contribution in [-0.2, 0) is 12.3 Å². The first-order chi connectivity index (χ1) is 13.6. The summed E-state index contributed by atoms with van der Waals surface area (Å²) >= 11 is 4.65. The topological polar surface area (TPSA) is 73.8 Å². The van der Waals surface area contributed by atoms with Crippen molar-refractivity contribution in [2.24, 2.45) is 0 Å². The van der Waals surface area contributed by atoms with E-state index in [1.165, 1.54) is 11.8 Å².